The van der Waals surface area contributed by atoms with Crippen molar-refractivity contribution in [2.45, 2.75) is 468 Å². The van der Waals surface area contributed by atoms with Crippen LogP contribution in [-0.4, -0.2) is 196 Å². The number of aliphatic carboxylic acids is 1. The molecule has 696 valence electrons. The molecule has 2 N–H and O–H groups in total. The summed E-state index contributed by atoms with van der Waals surface area (Å²) in [4.78, 5) is 81.5. The molecule has 0 fully saturated rings. The van der Waals surface area contributed by atoms with Gasteiger partial charge in [0.05, 0.1) is 19.8 Å². The Balaban J connectivity index is -0.00000199. The topological polar surface area (TPSA) is 220 Å². The van der Waals surface area contributed by atoms with Crippen LogP contribution in [-0.2, 0) is 52.3 Å². The van der Waals surface area contributed by atoms with Crippen LogP contribution in [0.25, 0.3) is 0 Å². The first-order valence-electron chi connectivity index (χ1n) is 49.9. The summed E-state index contributed by atoms with van der Waals surface area (Å²) in [7, 11) is 0. The average molecular weight is 1670 g/mol. The van der Waals surface area contributed by atoms with Crippen molar-refractivity contribution in [1.29, 1.82) is 0 Å². The second-order valence-corrected chi connectivity index (χ2v) is 33.5. The number of ether oxygens (including phenoxy) is 7. The zero-order chi connectivity index (χ0) is 86.8. The number of carbonyl (C=O) groups is 6. The van der Waals surface area contributed by atoms with Crippen LogP contribution >= 0.6 is 0 Å². The molecule has 117 heavy (non-hydrogen) atoms. The van der Waals surface area contributed by atoms with E-state index in [4.69, 9.17) is 38.3 Å². The van der Waals surface area contributed by atoms with Gasteiger partial charge in [0.1, 0.15) is 32.0 Å². The molecule has 0 saturated heterocycles. The number of aliphatic hydroxyl groups is 1. The molecule has 0 aromatic heterocycles. The van der Waals surface area contributed by atoms with Crippen LogP contribution in [0.2, 0.25) is 0 Å². The van der Waals surface area contributed by atoms with Crippen molar-refractivity contribution >= 4 is 36.2 Å². The van der Waals surface area contributed by atoms with Gasteiger partial charge >= 0.3 is 36.2 Å². The van der Waals surface area contributed by atoms with Crippen molar-refractivity contribution in [2.24, 2.45) is 11.8 Å². The van der Waals surface area contributed by atoms with E-state index >= 15 is 0 Å². The number of aliphatic hydroxyl groups excluding tert-OH is 1. The Morgan fingerprint density at radius 1 is 0.239 bits per heavy atom. The van der Waals surface area contributed by atoms with Crippen LogP contribution < -0.4 is 0 Å². The molecule has 0 aromatic rings. The Morgan fingerprint density at radius 2 is 0.470 bits per heavy atom. The molecule has 0 heterocycles. The second kappa shape index (κ2) is 94.5. The molecular weight excluding hydrogens is 1470 g/mol. The van der Waals surface area contributed by atoms with Gasteiger partial charge < -0.3 is 53.2 Å². The highest BCUT2D eigenvalue weighted by Gasteiger charge is 2.21. The first kappa shape index (κ1) is 117. The molecular formula is C98H194N4O15. The Morgan fingerprint density at radius 3 is 0.761 bits per heavy atom. The third-order valence-electron chi connectivity index (χ3n) is 23.1. The van der Waals surface area contributed by atoms with Gasteiger partial charge in [0, 0.05) is 78.0 Å². The summed E-state index contributed by atoms with van der Waals surface area (Å²) in [5.74, 6) is 0.528. The quantitative estimate of drug-likeness (QED) is 0.0328. The minimum atomic E-state index is -0.666. The minimum absolute atomic E-state index is 0.0356. The van der Waals surface area contributed by atoms with Gasteiger partial charge in [-0.15, -0.1) is 0 Å². The fourth-order valence-corrected chi connectivity index (χ4v) is 15.0. The smallest absolute Gasteiger partial charge is 0.481 e. The van der Waals surface area contributed by atoms with Crippen molar-refractivity contribution < 1.29 is 72.1 Å². The molecule has 0 aliphatic rings. The maximum absolute atomic E-state index is 12.9. The van der Waals surface area contributed by atoms with Crippen LogP contribution in [0.4, 0.5) is 9.59 Å². The van der Waals surface area contributed by atoms with Gasteiger partial charge in [0.2, 0.25) is 0 Å². The van der Waals surface area contributed by atoms with Gasteiger partial charge in [-0.05, 0) is 128 Å². The Kier molecular flexibility index (Phi) is 94.8. The van der Waals surface area contributed by atoms with E-state index in [0.717, 1.165) is 219 Å². The predicted octanol–water partition coefficient (Wildman–Crippen LogP) is 26.0. The zero-order valence-electron chi connectivity index (χ0n) is 79.0. The lowest BCUT2D eigenvalue weighted by atomic mass is 9.92. The van der Waals surface area contributed by atoms with Crippen molar-refractivity contribution in [3.05, 3.63) is 0 Å². The van der Waals surface area contributed by atoms with Crippen molar-refractivity contribution in [3.8, 4) is 0 Å². The fourth-order valence-electron chi connectivity index (χ4n) is 15.0. The van der Waals surface area contributed by atoms with Crippen molar-refractivity contribution in [1.82, 2.24) is 19.6 Å². The fraction of sp³-hybridized carbons (Fsp3) is 0.939. The lowest BCUT2D eigenvalue weighted by Crippen LogP contribution is -2.39. The summed E-state index contributed by atoms with van der Waals surface area (Å²) in [6.45, 7) is 38.4. The molecule has 19 heteroatoms. The van der Waals surface area contributed by atoms with Crippen LogP contribution in [0.15, 0.2) is 0 Å². The molecule has 2 unspecified atom stereocenters. The van der Waals surface area contributed by atoms with Crippen LogP contribution in [0.1, 0.15) is 455 Å². The van der Waals surface area contributed by atoms with Gasteiger partial charge in [-0.3, -0.25) is 29.0 Å². The highest BCUT2D eigenvalue weighted by atomic mass is 16.7. The van der Waals surface area contributed by atoms with Crippen molar-refractivity contribution in [3.63, 3.8) is 0 Å². The number of nitrogens with zero attached hydrogens (tertiary/aromatic N) is 4. The summed E-state index contributed by atoms with van der Waals surface area (Å²) >= 11 is 0. The standard InChI is InChI=1S/C49H96N2O7.C40H80N2O6.C9H18O2/c1-7-13-17-19-23-29-36-48(53)56-43-40-51(39-38-50(11-5)12-6)41-44-57-49(54)58-46(33-27-18-14-8-2)34-28-22-20-21-24-30-35-47(52)55-42-37-45(31-25-15-9-3)32-26-16-10-4;1-6-11-14-21-26-38(48-40(45)47-36-33-42(32-34-43)31-30-41(9-4)10-5)27-22-17-15-16-18-23-28-39(44)46-35-29-37(24-19-12-7-2)25-20-13-8-3;1-2-3-4-5-6-7-8-9(10)11/h45-46H,7-44H2,1-6H3;37-38,43H,6-36H2,1-5H3;2-8H2,1H3,(H,10,11). The maximum Gasteiger partial charge on any atom is 0.508 e. The summed E-state index contributed by atoms with van der Waals surface area (Å²) in [6.07, 6.45) is 62.1. The monoisotopic (exact) mass is 1670 g/mol. The van der Waals surface area contributed by atoms with E-state index in [2.05, 4.69) is 103 Å². The summed E-state index contributed by atoms with van der Waals surface area (Å²) in [6, 6.07) is 0. The van der Waals surface area contributed by atoms with E-state index in [1.807, 2.05) is 0 Å². The number of unbranched alkanes of at least 4 members (excludes halogenated alkanes) is 34. The first-order chi connectivity index (χ1) is 57.0. The largest absolute Gasteiger partial charge is 0.508 e. The lowest BCUT2D eigenvalue weighted by Gasteiger charge is -2.26. The molecule has 0 aromatic carbocycles. The highest BCUT2D eigenvalue weighted by molar-refractivity contribution is 5.70. The van der Waals surface area contributed by atoms with E-state index in [0.29, 0.717) is 83.5 Å². The van der Waals surface area contributed by atoms with E-state index in [1.165, 1.54) is 180 Å². The molecule has 0 radical (unpaired) electrons. The number of likely N-dealkylation sites (N-methyl/N-ethyl adjacent to an activating group) is 2. The predicted molar refractivity (Wildman–Crippen MR) is 489 cm³/mol. The lowest BCUT2D eigenvalue weighted by molar-refractivity contribution is -0.145. The number of carboxylic acid groups (broad SMARTS) is 1. The SMILES string of the molecule is CCCCCCC(CCCCCCCCC(=O)OCCC(CCCCC)CCCCC)OC(=O)OCCN(CCO)CCN(CC)CC.CCCCCCCCC(=O)O.CCCCCCCCC(=O)OCCN(CCOC(=O)OC(CCCCCC)CCCCCCCCC(=O)OCCC(CCCCC)CCCCC)CCN(CC)CC. The number of hydrogen-bond donors (Lipinski definition) is 2. The average Bonchev–Trinajstić information content (AvgIpc) is 0.957. The third kappa shape index (κ3) is 86.9. The van der Waals surface area contributed by atoms with Gasteiger partial charge in [-0.25, -0.2) is 9.59 Å². The van der Waals surface area contributed by atoms with Crippen LogP contribution in [0.5, 0.6) is 0 Å². The normalized spacial score (nSPS) is 12.0. The Bertz CT molecular complexity index is 2080. The molecule has 2 atom stereocenters. The molecule has 0 aliphatic heterocycles. The Hall–Kier alpha value is -3.78. The molecule has 0 saturated carbocycles. The van der Waals surface area contributed by atoms with Gasteiger partial charge in [-0.1, -0.05) is 340 Å². The third-order valence-corrected chi connectivity index (χ3v) is 23.1. The number of carbonyl (C=O) groups excluding carboxylic acids is 5. The number of rotatable bonds is 87. The number of esters is 3. The zero-order valence-corrected chi connectivity index (χ0v) is 79.0. The summed E-state index contributed by atoms with van der Waals surface area (Å²) in [5, 5.41) is 17.8. The second-order valence-electron chi connectivity index (χ2n) is 33.5. The summed E-state index contributed by atoms with van der Waals surface area (Å²) < 4.78 is 39.6. The van der Waals surface area contributed by atoms with E-state index in [9.17, 15) is 33.9 Å². The van der Waals surface area contributed by atoms with Gasteiger partial charge in [-0.2, -0.15) is 0 Å². The van der Waals surface area contributed by atoms with Gasteiger partial charge in [0.25, 0.3) is 0 Å². The number of hydrogen-bond acceptors (Lipinski definition) is 18. The molecule has 0 aliphatic carbocycles. The first-order valence-corrected chi connectivity index (χ1v) is 49.9. The molecule has 0 amide bonds. The van der Waals surface area contributed by atoms with E-state index in [1.54, 1.807) is 0 Å². The van der Waals surface area contributed by atoms with E-state index in [-0.39, 0.29) is 49.9 Å². The molecule has 19 nitrogen and oxygen atoms in total. The Labute approximate surface area is 722 Å². The van der Waals surface area contributed by atoms with Crippen LogP contribution in [0, 0.1) is 11.8 Å². The number of carboxylic acids is 1. The van der Waals surface area contributed by atoms with Gasteiger partial charge in [0.15, 0.2) is 0 Å². The summed E-state index contributed by atoms with van der Waals surface area (Å²) in [5.41, 5.74) is 0. The van der Waals surface area contributed by atoms with Crippen molar-refractivity contribution in [2.75, 3.05) is 118 Å². The molecule has 0 spiro atoms. The highest BCUT2D eigenvalue weighted by Crippen LogP contribution is 2.25. The van der Waals surface area contributed by atoms with E-state index < -0.39 is 18.3 Å². The molecule has 0 bridgehead atoms. The maximum atomic E-state index is 12.9. The minimum Gasteiger partial charge on any atom is -0.481 e. The van der Waals surface area contributed by atoms with Crippen LogP contribution in [0.3, 0.4) is 0 Å². The molecule has 0 rings (SSSR count).